The fourth-order valence-corrected chi connectivity index (χ4v) is 3.13. The van der Waals surface area contributed by atoms with Crippen LogP contribution in [-0.2, 0) is 17.8 Å². The summed E-state index contributed by atoms with van der Waals surface area (Å²) < 4.78 is 0. The summed E-state index contributed by atoms with van der Waals surface area (Å²) in [5.41, 5.74) is 3.84. The van der Waals surface area contributed by atoms with Gasteiger partial charge in [0.05, 0.1) is 6.04 Å². The molecule has 2 aromatic carbocycles. The summed E-state index contributed by atoms with van der Waals surface area (Å²) >= 11 is 0. The van der Waals surface area contributed by atoms with Gasteiger partial charge in [-0.2, -0.15) is 0 Å². The van der Waals surface area contributed by atoms with E-state index in [0.717, 1.165) is 13.0 Å². The van der Waals surface area contributed by atoms with Gasteiger partial charge >= 0.3 is 0 Å². The topological polar surface area (TPSA) is 32.3 Å². The first-order valence-electron chi connectivity index (χ1n) is 7.85. The lowest BCUT2D eigenvalue weighted by Gasteiger charge is -2.37. The quantitative estimate of drug-likeness (QED) is 0.940. The van der Waals surface area contributed by atoms with Crippen LogP contribution in [0.3, 0.4) is 0 Å². The van der Waals surface area contributed by atoms with Crippen molar-refractivity contribution in [3.05, 3.63) is 71.3 Å². The summed E-state index contributed by atoms with van der Waals surface area (Å²) in [6.45, 7) is 1.43. The van der Waals surface area contributed by atoms with Gasteiger partial charge < -0.3 is 10.2 Å². The maximum atomic E-state index is 12.6. The van der Waals surface area contributed by atoms with Gasteiger partial charge in [0.2, 0.25) is 5.91 Å². The molecule has 0 aromatic heterocycles. The second-order valence-electron chi connectivity index (χ2n) is 5.77. The Morgan fingerprint density at radius 3 is 2.50 bits per heavy atom. The number of nitrogens with zero attached hydrogens (tertiary/aromatic N) is 1. The summed E-state index contributed by atoms with van der Waals surface area (Å²) in [6.07, 6.45) is 1.44. The summed E-state index contributed by atoms with van der Waals surface area (Å²) in [7, 11) is 1.88. The van der Waals surface area contributed by atoms with Gasteiger partial charge in [-0.3, -0.25) is 4.79 Å². The fourth-order valence-electron chi connectivity index (χ4n) is 3.13. The highest BCUT2D eigenvalue weighted by atomic mass is 16.2. The van der Waals surface area contributed by atoms with Crippen LogP contribution in [0.15, 0.2) is 54.6 Å². The second kappa shape index (κ2) is 6.75. The molecule has 0 bridgehead atoms. The number of nitrogens with one attached hydrogen (secondary N) is 1. The van der Waals surface area contributed by atoms with E-state index < -0.39 is 0 Å². The smallest absolute Gasteiger partial charge is 0.224 e. The molecule has 114 valence electrons. The number of hydrogen-bond donors (Lipinski definition) is 1. The van der Waals surface area contributed by atoms with Gasteiger partial charge in [-0.25, -0.2) is 0 Å². The van der Waals surface area contributed by atoms with Crippen molar-refractivity contribution in [2.45, 2.75) is 25.4 Å². The fraction of sp³-hybridized carbons (Fsp3) is 0.316. The molecule has 0 saturated heterocycles. The minimum absolute atomic E-state index is 0.139. The first kappa shape index (κ1) is 14.8. The average Bonchev–Trinajstić information content (AvgIpc) is 2.59. The first-order valence-corrected chi connectivity index (χ1v) is 7.85. The normalized spacial score (nSPS) is 17.1. The van der Waals surface area contributed by atoms with Gasteiger partial charge in [0, 0.05) is 19.5 Å². The van der Waals surface area contributed by atoms with Crippen molar-refractivity contribution in [2.24, 2.45) is 0 Å². The first-order chi connectivity index (χ1) is 10.8. The van der Waals surface area contributed by atoms with Gasteiger partial charge in [0.1, 0.15) is 0 Å². The average molecular weight is 294 g/mol. The Labute approximate surface area is 132 Å². The van der Waals surface area contributed by atoms with E-state index in [1.165, 1.54) is 16.7 Å². The highest BCUT2D eigenvalue weighted by Gasteiger charge is 2.30. The van der Waals surface area contributed by atoms with Crippen LogP contribution in [0.4, 0.5) is 0 Å². The molecular weight excluding hydrogens is 272 g/mol. The van der Waals surface area contributed by atoms with E-state index in [-0.39, 0.29) is 11.9 Å². The van der Waals surface area contributed by atoms with Crippen molar-refractivity contribution in [1.82, 2.24) is 10.2 Å². The molecule has 1 unspecified atom stereocenters. The molecule has 22 heavy (non-hydrogen) atoms. The number of carbonyl (C=O) groups is 1. The van der Waals surface area contributed by atoms with Crippen LogP contribution in [0, 0.1) is 0 Å². The molecule has 0 spiro atoms. The van der Waals surface area contributed by atoms with E-state index in [9.17, 15) is 4.79 Å². The number of amides is 1. The highest BCUT2D eigenvalue weighted by Crippen LogP contribution is 2.33. The molecule has 1 amide bonds. The van der Waals surface area contributed by atoms with Crippen LogP contribution in [0.2, 0.25) is 0 Å². The molecule has 1 aliphatic rings. The Bertz CT molecular complexity index is 639. The number of carbonyl (C=O) groups excluding carboxylic acids is 1. The van der Waals surface area contributed by atoms with Crippen LogP contribution in [0.25, 0.3) is 0 Å². The molecule has 1 heterocycles. The Kier molecular flexibility index (Phi) is 4.54. The van der Waals surface area contributed by atoms with E-state index in [1.54, 1.807) is 0 Å². The molecule has 0 saturated carbocycles. The zero-order valence-electron chi connectivity index (χ0n) is 13.0. The zero-order chi connectivity index (χ0) is 15.4. The summed E-state index contributed by atoms with van der Waals surface area (Å²) in [5.74, 6) is 0.220. The molecule has 2 aromatic rings. The minimum Gasteiger partial charge on any atom is -0.331 e. The summed E-state index contributed by atoms with van der Waals surface area (Å²) in [5, 5.41) is 3.06. The molecule has 3 heteroatoms. The van der Waals surface area contributed by atoms with Crippen molar-refractivity contribution in [3.63, 3.8) is 0 Å². The van der Waals surface area contributed by atoms with E-state index >= 15 is 0 Å². The Hall–Kier alpha value is -2.13. The van der Waals surface area contributed by atoms with Gasteiger partial charge in [0.15, 0.2) is 0 Å². The van der Waals surface area contributed by atoms with Crippen molar-refractivity contribution >= 4 is 5.91 Å². The maximum absolute atomic E-state index is 12.6. The Morgan fingerprint density at radius 2 is 1.77 bits per heavy atom. The number of benzene rings is 2. The van der Waals surface area contributed by atoms with Crippen molar-refractivity contribution in [1.29, 1.82) is 0 Å². The summed E-state index contributed by atoms with van der Waals surface area (Å²) in [4.78, 5) is 14.7. The molecule has 1 N–H and O–H groups in total. The van der Waals surface area contributed by atoms with Crippen molar-refractivity contribution in [3.8, 4) is 0 Å². The van der Waals surface area contributed by atoms with Gasteiger partial charge in [-0.1, -0.05) is 54.6 Å². The summed E-state index contributed by atoms with van der Waals surface area (Å²) in [6, 6.07) is 19.0. The molecule has 3 rings (SSSR count). The van der Waals surface area contributed by atoms with Crippen LogP contribution < -0.4 is 5.32 Å². The SMILES string of the molecule is CNCCC(=O)N1Cc2ccccc2CC1c1ccccc1. The van der Waals surface area contributed by atoms with E-state index in [0.29, 0.717) is 13.0 Å². The number of rotatable bonds is 4. The molecule has 1 atom stereocenters. The lowest BCUT2D eigenvalue weighted by molar-refractivity contribution is -0.134. The maximum Gasteiger partial charge on any atom is 0.224 e. The third-order valence-corrected chi connectivity index (χ3v) is 4.34. The lowest BCUT2D eigenvalue weighted by atomic mass is 9.89. The van der Waals surface area contributed by atoms with Crippen LogP contribution in [0.5, 0.6) is 0 Å². The Morgan fingerprint density at radius 1 is 1.09 bits per heavy atom. The molecule has 0 fully saturated rings. The van der Waals surface area contributed by atoms with E-state index in [1.807, 2.05) is 30.1 Å². The third-order valence-electron chi connectivity index (χ3n) is 4.34. The molecule has 0 radical (unpaired) electrons. The number of hydrogen-bond acceptors (Lipinski definition) is 2. The predicted molar refractivity (Wildman–Crippen MR) is 88.4 cm³/mol. The van der Waals surface area contributed by atoms with E-state index in [4.69, 9.17) is 0 Å². The third kappa shape index (κ3) is 3.04. The largest absolute Gasteiger partial charge is 0.331 e. The Balaban J connectivity index is 1.91. The van der Waals surface area contributed by atoms with Crippen molar-refractivity contribution in [2.75, 3.05) is 13.6 Å². The van der Waals surface area contributed by atoms with Gasteiger partial charge in [-0.05, 0) is 30.2 Å². The molecule has 3 nitrogen and oxygen atoms in total. The molecule has 1 aliphatic heterocycles. The lowest BCUT2D eigenvalue weighted by Crippen LogP contribution is -2.39. The number of fused-ring (bicyclic) bond motifs is 1. The minimum atomic E-state index is 0.139. The predicted octanol–water partition coefficient (Wildman–Crippen LogP) is 2.92. The van der Waals surface area contributed by atoms with Crippen molar-refractivity contribution < 1.29 is 4.79 Å². The molecular formula is C19H22N2O. The van der Waals surface area contributed by atoms with Gasteiger partial charge in [-0.15, -0.1) is 0 Å². The standard InChI is InChI=1S/C19H22N2O/c1-20-12-11-19(22)21-14-17-10-6-5-9-16(17)13-18(21)15-7-3-2-4-8-15/h2-10,18,20H,11-14H2,1H3. The van der Waals surface area contributed by atoms with Gasteiger partial charge in [0.25, 0.3) is 0 Å². The second-order valence-corrected chi connectivity index (χ2v) is 5.77. The zero-order valence-corrected chi connectivity index (χ0v) is 13.0. The monoisotopic (exact) mass is 294 g/mol. The van der Waals surface area contributed by atoms with Crippen LogP contribution >= 0.6 is 0 Å². The highest BCUT2D eigenvalue weighted by molar-refractivity contribution is 5.77. The molecule has 0 aliphatic carbocycles. The van der Waals surface area contributed by atoms with Crippen LogP contribution in [0.1, 0.15) is 29.2 Å². The van der Waals surface area contributed by atoms with E-state index in [2.05, 4.69) is 41.7 Å². The van der Waals surface area contributed by atoms with Crippen LogP contribution in [-0.4, -0.2) is 24.4 Å².